The summed E-state index contributed by atoms with van der Waals surface area (Å²) >= 11 is 1.61. The third-order valence-electron chi connectivity index (χ3n) is 3.47. The monoisotopic (exact) mass is 301 g/mol. The summed E-state index contributed by atoms with van der Waals surface area (Å²) in [7, 11) is 0. The molecule has 1 aromatic carbocycles. The van der Waals surface area contributed by atoms with E-state index in [0.29, 0.717) is 23.4 Å². The van der Waals surface area contributed by atoms with Gasteiger partial charge in [0.1, 0.15) is 5.76 Å². The number of ketones is 1. The number of aryl methyl sites for hydroxylation is 1. The molecule has 0 bridgehead atoms. The number of amides is 1. The van der Waals surface area contributed by atoms with Crippen LogP contribution >= 0.6 is 11.8 Å². The first kappa shape index (κ1) is 13.9. The Hall–Kier alpha value is -2.01. The van der Waals surface area contributed by atoms with Gasteiger partial charge in [0.25, 0.3) is 5.91 Å². The van der Waals surface area contributed by atoms with E-state index in [0.717, 1.165) is 17.7 Å². The van der Waals surface area contributed by atoms with Gasteiger partial charge >= 0.3 is 0 Å². The Bertz CT molecular complexity index is 705. The van der Waals surface area contributed by atoms with Crippen LogP contribution in [-0.2, 0) is 6.42 Å². The molecule has 0 radical (unpaired) electrons. The average molecular weight is 301 g/mol. The number of thioether (sulfide) groups is 1. The van der Waals surface area contributed by atoms with Gasteiger partial charge in [0.05, 0.1) is 5.56 Å². The molecule has 0 aliphatic heterocycles. The number of rotatable bonds is 3. The predicted molar refractivity (Wildman–Crippen MR) is 82.2 cm³/mol. The van der Waals surface area contributed by atoms with Gasteiger partial charge in [-0.15, -0.1) is 11.8 Å². The number of nitrogens with one attached hydrogen (secondary N) is 1. The van der Waals surface area contributed by atoms with Crippen LogP contribution in [0.2, 0.25) is 0 Å². The first-order valence-electron chi connectivity index (χ1n) is 6.78. The van der Waals surface area contributed by atoms with E-state index in [4.69, 9.17) is 4.42 Å². The molecule has 0 spiro atoms. The van der Waals surface area contributed by atoms with Gasteiger partial charge in [-0.05, 0) is 30.9 Å². The molecule has 1 amide bonds. The molecule has 0 fully saturated rings. The SMILES string of the molecule is CSc1cccc(NC(=O)c2cc3c(o2)CCCC3=O)c1. The molecule has 1 heterocycles. The Balaban J connectivity index is 1.81. The molecular weight excluding hydrogens is 286 g/mol. The lowest BCUT2D eigenvalue weighted by Crippen LogP contribution is -2.10. The zero-order valence-electron chi connectivity index (χ0n) is 11.6. The zero-order valence-corrected chi connectivity index (χ0v) is 12.5. The van der Waals surface area contributed by atoms with Crippen LogP contribution in [0.1, 0.15) is 39.5 Å². The van der Waals surface area contributed by atoms with Gasteiger partial charge in [-0.1, -0.05) is 6.07 Å². The topological polar surface area (TPSA) is 59.3 Å². The molecule has 3 rings (SSSR count). The number of Topliss-reactive ketones (excluding diaryl/α,β-unsaturated/α-hetero) is 1. The van der Waals surface area contributed by atoms with Crippen molar-refractivity contribution in [3.05, 3.63) is 47.4 Å². The normalized spacial score (nSPS) is 13.9. The third-order valence-corrected chi connectivity index (χ3v) is 4.19. The Labute approximate surface area is 126 Å². The lowest BCUT2D eigenvalue weighted by atomic mass is 9.97. The van der Waals surface area contributed by atoms with Crippen LogP contribution < -0.4 is 5.32 Å². The molecule has 1 aliphatic carbocycles. The van der Waals surface area contributed by atoms with Crippen molar-refractivity contribution in [2.75, 3.05) is 11.6 Å². The highest BCUT2D eigenvalue weighted by Crippen LogP contribution is 2.25. The molecule has 108 valence electrons. The van der Waals surface area contributed by atoms with Crippen LogP contribution in [0.15, 0.2) is 39.6 Å². The summed E-state index contributed by atoms with van der Waals surface area (Å²) in [5, 5.41) is 2.80. The van der Waals surface area contributed by atoms with E-state index in [1.165, 1.54) is 0 Å². The van der Waals surface area contributed by atoms with Crippen LogP contribution in [0.25, 0.3) is 0 Å². The summed E-state index contributed by atoms with van der Waals surface area (Å²) in [6.07, 6.45) is 4.02. The lowest BCUT2D eigenvalue weighted by Gasteiger charge is -2.06. The molecule has 2 aromatic rings. The van der Waals surface area contributed by atoms with Crippen molar-refractivity contribution >= 4 is 29.1 Å². The number of anilines is 1. The Morgan fingerprint density at radius 1 is 1.29 bits per heavy atom. The quantitative estimate of drug-likeness (QED) is 0.877. The maximum atomic E-state index is 12.2. The molecule has 0 saturated heterocycles. The highest BCUT2D eigenvalue weighted by Gasteiger charge is 2.24. The van der Waals surface area contributed by atoms with Crippen LogP contribution in [0.4, 0.5) is 5.69 Å². The zero-order chi connectivity index (χ0) is 14.8. The van der Waals surface area contributed by atoms with E-state index in [2.05, 4.69) is 5.32 Å². The fourth-order valence-electron chi connectivity index (χ4n) is 2.40. The Morgan fingerprint density at radius 3 is 2.90 bits per heavy atom. The summed E-state index contributed by atoms with van der Waals surface area (Å²) < 4.78 is 5.53. The van der Waals surface area contributed by atoms with Gasteiger partial charge in [-0.2, -0.15) is 0 Å². The van der Waals surface area contributed by atoms with Gasteiger partial charge in [-0.3, -0.25) is 9.59 Å². The summed E-state index contributed by atoms with van der Waals surface area (Å²) in [5.41, 5.74) is 1.27. The average Bonchev–Trinajstić information content (AvgIpc) is 2.93. The van der Waals surface area contributed by atoms with Crippen LogP contribution in [-0.4, -0.2) is 17.9 Å². The molecule has 1 aliphatic rings. The van der Waals surface area contributed by atoms with E-state index in [-0.39, 0.29) is 17.5 Å². The van der Waals surface area contributed by atoms with Crippen molar-refractivity contribution in [2.45, 2.75) is 24.2 Å². The number of fused-ring (bicyclic) bond motifs is 1. The van der Waals surface area contributed by atoms with Crippen molar-refractivity contribution in [1.82, 2.24) is 0 Å². The van der Waals surface area contributed by atoms with E-state index < -0.39 is 0 Å². The van der Waals surface area contributed by atoms with E-state index in [1.807, 2.05) is 30.5 Å². The van der Waals surface area contributed by atoms with Crippen molar-refractivity contribution in [2.24, 2.45) is 0 Å². The molecule has 1 N–H and O–H groups in total. The number of benzene rings is 1. The summed E-state index contributed by atoms with van der Waals surface area (Å²) in [6, 6.07) is 9.15. The van der Waals surface area contributed by atoms with E-state index >= 15 is 0 Å². The minimum absolute atomic E-state index is 0.0587. The van der Waals surface area contributed by atoms with Crippen LogP contribution in [0.3, 0.4) is 0 Å². The highest BCUT2D eigenvalue weighted by molar-refractivity contribution is 7.98. The summed E-state index contributed by atoms with van der Waals surface area (Å²) in [6.45, 7) is 0. The second-order valence-electron chi connectivity index (χ2n) is 4.91. The van der Waals surface area contributed by atoms with Gasteiger partial charge < -0.3 is 9.73 Å². The van der Waals surface area contributed by atoms with Crippen molar-refractivity contribution in [1.29, 1.82) is 0 Å². The Kier molecular flexibility index (Phi) is 3.84. The minimum Gasteiger partial charge on any atom is -0.455 e. The largest absolute Gasteiger partial charge is 0.455 e. The fraction of sp³-hybridized carbons (Fsp3) is 0.250. The standard InChI is InChI=1S/C16H15NO3S/c1-21-11-5-2-4-10(8-11)17-16(19)15-9-12-13(18)6-3-7-14(12)20-15/h2,4-5,8-9H,3,6-7H2,1H3,(H,17,19). The minimum atomic E-state index is -0.324. The maximum absolute atomic E-state index is 12.2. The molecule has 1 aromatic heterocycles. The number of hydrogen-bond acceptors (Lipinski definition) is 4. The molecule has 5 heteroatoms. The summed E-state index contributed by atoms with van der Waals surface area (Å²) in [5.74, 6) is 0.568. The third kappa shape index (κ3) is 2.88. The van der Waals surface area contributed by atoms with Crippen LogP contribution in [0.5, 0.6) is 0 Å². The molecular formula is C16H15NO3S. The van der Waals surface area contributed by atoms with Crippen molar-refractivity contribution in [3.63, 3.8) is 0 Å². The Morgan fingerprint density at radius 2 is 2.14 bits per heavy atom. The van der Waals surface area contributed by atoms with Crippen LogP contribution in [0, 0.1) is 0 Å². The second-order valence-corrected chi connectivity index (χ2v) is 5.79. The van der Waals surface area contributed by atoms with E-state index in [9.17, 15) is 9.59 Å². The van der Waals surface area contributed by atoms with E-state index in [1.54, 1.807) is 17.8 Å². The molecule has 4 nitrogen and oxygen atoms in total. The second kappa shape index (κ2) is 5.77. The molecule has 0 atom stereocenters. The van der Waals surface area contributed by atoms with Gasteiger partial charge in [0.15, 0.2) is 11.5 Å². The fourth-order valence-corrected chi connectivity index (χ4v) is 2.86. The lowest BCUT2D eigenvalue weighted by molar-refractivity contribution is 0.0963. The molecule has 21 heavy (non-hydrogen) atoms. The van der Waals surface area contributed by atoms with Gasteiger partial charge in [0, 0.05) is 29.5 Å². The van der Waals surface area contributed by atoms with Crippen molar-refractivity contribution < 1.29 is 14.0 Å². The number of carbonyl (C=O) groups is 2. The number of furan rings is 1. The molecule has 0 saturated carbocycles. The van der Waals surface area contributed by atoms with Crippen molar-refractivity contribution in [3.8, 4) is 0 Å². The highest BCUT2D eigenvalue weighted by atomic mass is 32.2. The first-order chi connectivity index (χ1) is 10.2. The smallest absolute Gasteiger partial charge is 0.291 e. The maximum Gasteiger partial charge on any atom is 0.291 e. The number of hydrogen-bond donors (Lipinski definition) is 1. The number of carbonyl (C=O) groups excluding carboxylic acids is 2. The summed E-state index contributed by atoms with van der Waals surface area (Å²) in [4.78, 5) is 25.1. The van der Waals surface area contributed by atoms with Gasteiger partial charge in [-0.25, -0.2) is 0 Å². The van der Waals surface area contributed by atoms with Gasteiger partial charge in [0.2, 0.25) is 0 Å². The molecule has 0 unspecified atom stereocenters. The predicted octanol–water partition coefficient (Wildman–Crippen LogP) is 3.77. The first-order valence-corrected chi connectivity index (χ1v) is 8.01.